The third kappa shape index (κ3) is 5.89. The van der Waals surface area contributed by atoms with E-state index in [-0.39, 0.29) is 24.8 Å². The first-order valence-corrected chi connectivity index (χ1v) is 12.5. The summed E-state index contributed by atoms with van der Waals surface area (Å²) in [5.41, 5.74) is 1.52. The van der Waals surface area contributed by atoms with Gasteiger partial charge in [-0.2, -0.15) is 18.3 Å². The van der Waals surface area contributed by atoms with Crippen LogP contribution in [0.1, 0.15) is 46.3 Å². The third-order valence-corrected chi connectivity index (χ3v) is 7.54. The Balaban J connectivity index is 1.42. The number of benzene rings is 1. The number of aromatic nitrogens is 3. The molecule has 1 aromatic carbocycles. The summed E-state index contributed by atoms with van der Waals surface area (Å²) in [5.74, 6) is -1.05. The second-order valence-corrected chi connectivity index (χ2v) is 10.6. The van der Waals surface area contributed by atoms with Crippen LogP contribution < -0.4 is 0 Å². The number of piperidine rings is 1. The summed E-state index contributed by atoms with van der Waals surface area (Å²) < 4.78 is 41.6. The Bertz CT molecular complexity index is 1300. The van der Waals surface area contributed by atoms with Gasteiger partial charge in [0.25, 0.3) is 0 Å². The zero-order valence-electron chi connectivity index (χ0n) is 19.6. The first kappa shape index (κ1) is 26.2. The van der Waals surface area contributed by atoms with E-state index in [9.17, 15) is 22.8 Å². The summed E-state index contributed by atoms with van der Waals surface area (Å²) in [4.78, 5) is 30.0. The molecule has 1 amide bonds. The highest BCUT2D eigenvalue weighted by molar-refractivity contribution is 7.16. The molecule has 1 saturated heterocycles. The van der Waals surface area contributed by atoms with Gasteiger partial charge in [0.1, 0.15) is 16.6 Å². The molecule has 3 heterocycles. The minimum absolute atomic E-state index is 0.0260. The molecule has 0 unspecified atom stereocenters. The summed E-state index contributed by atoms with van der Waals surface area (Å²) in [6.07, 6.45) is -3.36. The Hall–Kier alpha value is -2.92. The Morgan fingerprint density at radius 3 is 2.50 bits per heavy atom. The van der Waals surface area contributed by atoms with Crippen LogP contribution in [0.4, 0.5) is 13.2 Å². The van der Waals surface area contributed by atoms with Gasteiger partial charge < -0.3 is 10.0 Å². The van der Waals surface area contributed by atoms with Crippen LogP contribution in [0.15, 0.2) is 24.3 Å². The maximum absolute atomic E-state index is 13.3. The van der Waals surface area contributed by atoms with Crippen LogP contribution in [0.5, 0.6) is 0 Å². The number of aryl methyl sites for hydroxylation is 2. The number of likely N-dealkylation sites (tertiary alicyclic amines) is 1. The number of carbonyl (C=O) groups is 2. The molecule has 3 aromatic rings. The number of carboxylic acid groups (broad SMARTS) is 1. The van der Waals surface area contributed by atoms with Crippen molar-refractivity contribution >= 4 is 34.8 Å². The molecule has 0 spiro atoms. The average molecular weight is 541 g/mol. The van der Waals surface area contributed by atoms with Crippen molar-refractivity contribution < 1.29 is 27.9 Å². The number of amides is 1. The van der Waals surface area contributed by atoms with Gasteiger partial charge in [-0.1, -0.05) is 11.6 Å². The summed E-state index contributed by atoms with van der Waals surface area (Å²) in [6, 6.07) is 5.46. The number of hydrogen-bond acceptors (Lipinski definition) is 5. The molecule has 1 fully saturated rings. The Morgan fingerprint density at radius 2 is 1.86 bits per heavy atom. The number of carbonyl (C=O) groups excluding carboxylic acids is 1. The largest absolute Gasteiger partial charge is 0.481 e. The van der Waals surface area contributed by atoms with E-state index in [4.69, 9.17) is 16.7 Å². The van der Waals surface area contributed by atoms with Crippen LogP contribution >= 0.6 is 22.9 Å². The monoisotopic (exact) mass is 540 g/mol. The lowest BCUT2D eigenvalue weighted by molar-refractivity contribution is -0.138. The molecule has 0 radical (unpaired) electrons. The standard InChI is InChI=1S/C24H24ClF3N4O3S/c1-13-7-16(10-17(8-13)24(26,27)28)21-22(25)36-23(29-21)15-3-5-31(6-4-15)19(33)12-32-14(2)9-18(30-32)11-20(34)35/h7-10,15H,3-6,11-12H2,1-2H3,(H,34,35). The van der Waals surface area contributed by atoms with Crippen LogP contribution in [0, 0.1) is 13.8 Å². The topological polar surface area (TPSA) is 88.3 Å². The number of carboxylic acids is 1. The van der Waals surface area contributed by atoms with E-state index in [1.807, 2.05) is 0 Å². The fourth-order valence-electron chi connectivity index (χ4n) is 4.34. The molecule has 1 aliphatic heterocycles. The van der Waals surface area contributed by atoms with Gasteiger partial charge in [-0.05, 0) is 56.5 Å². The van der Waals surface area contributed by atoms with Crippen LogP contribution in [0.3, 0.4) is 0 Å². The third-order valence-electron chi connectivity index (χ3n) is 6.13. The molecule has 192 valence electrons. The number of hydrogen-bond donors (Lipinski definition) is 1. The van der Waals surface area contributed by atoms with Crippen molar-refractivity contribution in [1.29, 1.82) is 0 Å². The second kappa shape index (κ2) is 10.2. The molecular weight excluding hydrogens is 517 g/mol. The lowest BCUT2D eigenvalue weighted by Crippen LogP contribution is -2.40. The van der Waals surface area contributed by atoms with Crippen LogP contribution in [0.2, 0.25) is 4.34 Å². The molecule has 1 aliphatic rings. The first-order valence-electron chi connectivity index (χ1n) is 11.3. The van der Waals surface area contributed by atoms with E-state index in [2.05, 4.69) is 10.1 Å². The van der Waals surface area contributed by atoms with Crippen LogP contribution in [-0.4, -0.2) is 49.7 Å². The fraction of sp³-hybridized carbons (Fsp3) is 0.417. The van der Waals surface area contributed by atoms with Gasteiger partial charge in [0.2, 0.25) is 5.91 Å². The number of thiazole rings is 1. The molecule has 0 atom stereocenters. The van der Waals surface area contributed by atoms with E-state index < -0.39 is 17.7 Å². The maximum Gasteiger partial charge on any atom is 0.416 e. The Morgan fingerprint density at radius 1 is 1.17 bits per heavy atom. The molecule has 0 saturated carbocycles. The fourth-order valence-corrected chi connectivity index (χ4v) is 5.71. The van der Waals surface area contributed by atoms with E-state index in [0.29, 0.717) is 58.5 Å². The van der Waals surface area contributed by atoms with Crippen molar-refractivity contribution in [2.45, 2.75) is 51.7 Å². The zero-order chi connectivity index (χ0) is 26.2. The SMILES string of the molecule is Cc1cc(-c2nc(C3CCN(C(=O)Cn4nc(CC(=O)O)cc4C)CC3)sc2Cl)cc(C(F)(F)F)c1. The molecule has 0 aliphatic carbocycles. The highest BCUT2D eigenvalue weighted by atomic mass is 35.5. The number of aliphatic carboxylic acids is 1. The normalized spacial score (nSPS) is 14.9. The minimum atomic E-state index is -4.46. The van der Waals surface area contributed by atoms with Crippen molar-refractivity contribution in [2.75, 3.05) is 13.1 Å². The second-order valence-electron chi connectivity index (χ2n) is 8.92. The number of halogens is 4. The smallest absolute Gasteiger partial charge is 0.416 e. The van der Waals surface area contributed by atoms with Crippen LogP contribution in [-0.2, 0) is 28.7 Å². The molecule has 4 rings (SSSR count). The van der Waals surface area contributed by atoms with Gasteiger partial charge in [-0.25, -0.2) is 4.98 Å². The Kier molecular flexibility index (Phi) is 7.42. The molecule has 2 aromatic heterocycles. The minimum Gasteiger partial charge on any atom is -0.481 e. The van der Waals surface area contributed by atoms with Crippen molar-refractivity contribution in [3.05, 3.63) is 56.1 Å². The zero-order valence-corrected chi connectivity index (χ0v) is 21.2. The molecule has 12 heteroatoms. The maximum atomic E-state index is 13.3. The van der Waals surface area contributed by atoms with Crippen molar-refractivity contribution in [2.24, 2.45) is 0 Å². The van der Waals surface area contributed by atoms with Crippen LogP contribution in [0.25, 0.3) is 11.3 Å². The highest BCUT2D eigenvalue weighted by Crippen LogP contribution is 2.41. The first-order chi connectivity index (χ1) is 16.9. The molecule has 1 N–H and O–H groups in total. The summed E-state index contributed by atoms with van der Waals surface area (Å²) >= 11 is 7.66. The average Bonchev–Trinajstić information content (AvgIpc) is 3.34. The van der Waals surface area contributed by atoms with Gasteiger partial charge in [-0.3, -0.25) is 14.3 Å². The van der Waals surface area contributed by atoms with Crippen molar-refractivity contribution in [1.82, 2.24) is 19.7 Å². The predicted octanol–water partition coefficient (Wildman–Crippen LogP) is 5.33. The number of nitrogens with zero attached hydrogens (tertiary/aromatic N) is 4. The summed E-state index contributed by atoms with van der Waals surface area (Å²) in [6.45, 7) is 4.40. The summed E-state index contributed by atoms with van der Waals surface area (Å²) in [5, 5.41) is 13.9. The van der Waals surface area contributed by atoms with Crippen molar-refractivity contribution in [3.8, 4) is 11.3 Å². The molecular formula is C24H24ClF3N4O3S. The van der Waals surface area contributed by atoms with E-state index in [0.717, 1.165) is 17.1 Å². The molecule has 36 heavy (non-hydrogen) atoms. The lowest BCUT2D eigenvalue weighted by Gasteiger charge is -2.31. The quantitative estimate of drug-likeness (QED) is 0.456. The van der Waals surface area contributed by atoms with Gasteiger partial charge in [0, 0.05) is 30.3 Å². The highest BCUT2D eigenvalue weighted by Gasteiger charge is 2.32. The number of rotatable bonds is 6. The number of alkyl halides is 3. The van der Waals surface area contributed by atoms with E-state index >= 15 is 0 Å². The summed E-state index contributed by atoms with van der Waals surface area (Å²) in [7, 11) is 0. The Labute approximate surface area is 214 Å². The van der Waals surface area contributed by atoms with E-state index in [1.165, 1.54) is 16.0 Å². The molecule has 7 nitrogen and oxygen atoms in total. The van der Waals surface area contributed by atoms with Crippen molar-refractivity contribution in [3.63, 3.8) is 0 Å². The lowest BCUT2D eigenvalue weighted by atomic mass is 9.97. The molecule has 0 bridgehead atoms. The van der Waals surface area contributed by atoms with Gasteiger partial charge in [0.15, 0.2) is 0 Å². The predicted molar refractivity (Wildman–Crippen MR) is 129 cm³/mol. The van der Waals surface area contributed by atoms with Gasteiger partial charge >= 0.3 is 12.1 Å². The van der Waals surface area contributed by atoms with E-state index in [1.54, 1.807) is 30.9 Å². The van der Waals surface area contributed by atoms with Gasteiger partial charge in [0.05, 0.1) is 22.7 Å². The van der Waals surface area contributed by atoms with Gasteiger partial charge in [-0.15, -0.1) is 11.3 Å².